The number of hydrogen-bond acceptors (Lipinski definition) is 4. The molecule has 4 rings (SSSR count). The molecule has 0 radical (unpaired) electrons. The molecule has 0 amide bonds. The van der Waals surface area contributed by atoms with Gasteiger partial charge < -0.3 is 0 Å². The van der Waals surface area contributed by atoms with Gasteiger partial charge in [0.15, 0.2) is 0 Å². The summed E-state index contributed by atoms with van der Waals surface area (Å²) in [7, 11) is -3.65. The number of para-hydroxylation sites is 1. The van der Waals surface area contributed by atoms with Crippen molar-refractivity contribution in [2.24, 2.45) is 0 Å². The molecular formula is C20H20N2O2S2. The Balaban J connectivity index is 1.84. The largest absolute Gasteiger partial charge is 0.264 e. The van der Waals surface area contributed by atoms with Gasteiger partial charge in [0, 0.05) is 17.0 Å². The van der Waals surface area contributed by atoms with Crippen LogP contribution in [0.2, 0.25) is 0 Å². The van der Waals surface area contributed by atoms with Gasteiger partial charge in [0.05, 0.1) is 21.3 Å². The monoisotopic (exact) mass is 384 g/mol. The van der Waals surface area contributed by atoms with Crippen molar-refractivity contribution in [2.75, 3.05) is 4.31 Å². The van der Waals surface area contributed by atoms with E-state index in [1.807, 2.05) is 62.5 Å². The van der Waals surface area contributed by atoms with Crippen molar-refractivity contribution in [1.82, 2.24) is 4.98 Å². The van der Waals surface area contributed by atoms with Crippen LogP contribution < -0.4 is 4.31 Å². The molecule has 0 saturated carbocycles. The summed E-state index contributed by atoms with van der Waals surface area (Å²) in [5.74, 6) is 0. The van der Waals surface area contributed by atoms with E-state index in [9.17, 15) is 8.42 Å². The van der Waals surface area contributed by atoms with E-state index >= 15 is 0 Å². The van der Waals surface area contributed by atoms with Crippen LogP contribution in [0.1, 0.15) is 23.1 Å². The smallest absolute Gasteiger partial charge is 0.263 e. The third-order valence-corrected chi connectivity index (χ3v) is 7.63. The number of aryl methyl sites for hydroxylation is 2. The number of benzene rings is 2. The molecular weight excluding hydrogens is 364 g/mol. The van der Waals surface area contributed by atoms with Gasteiger partial charge in [0.2, 0.25) is 0 Å². The maximum Gasteiger partial charge on any atom is 0.264 e. The van der Waals surface area contributed by atoms with Gasteiger partial charge in [-0.15, -0.1) is 11.3 Å². The molecule has 0 bridgehead atoms. The minimum Gasteiger partial charge on any atom is -0.263 e. The second-order valence-corrected chi connectivity index (χ2v) is 9.56. The number of rotatable bonds is 3. The number of nitrogens with zero attached hydrogens (tertiary/aromatic N) is 2. The summed E-state index contributed by atoms with van der Waals surface area (Å²) >= 11 is 1.56. The Labute approximate surface area is 158 Å². The van der Waals surface area contributed by atoms with Gasteiger partial charge >= 0.3 is 0 Å². The van der Waals surface area contributed by atoms with Gasteiger partial charge in [0.25, 0.3) is 10.0 Å². The van der Waals surface area contributed by atoms with E-state index in [-0.39, 0.29) is 6.04 Å². The van der Waals surface area contributed by atoms with E-state index < -0.39 is 10.0 Å². The molecule has 134 valence electrons. The minimum absolute atomic E-state index is 0.0954. The zero-order valence-electron chi connectivity index (χ0n) is 14.9. The maximum atomic E-state index is 13.5. The molecule has 4 nitrogen and oxygen atoms in total. The lowest BCUT2D eigenvalue weighted by atomic mass is 10.1. The fourth-order valence-electron chi connectivity index (χ4n) is 3.54. The quantitative estimate of drug-likeness (QED) is 0.665. The van der Waals surface area contributed by atoms with Gasteiger partial charge in [0.1, 0.15) is 0 Å². The Morgan fingerprint density at radius 1 is 1.15 bits per heavy atom. The molecule has 1 atom stereocenters. The molecule has 1 aromatic heterocycles. The first-order chi connectivity index (χ1) is 12.4. The van der Waals surface area contributed by atoms with Gasteiger partial charge in [-0.05, 0) is 50.5 Å². The van der Waals surface area contributed by atoms with Crippen LogP contribution in [0.3, 0.4) is 0 Å². The van der Waals surface area contributed by atoms with E-state index in [2.05, 4.69) is 4.98 Å². The van der Waals surface area contributed by atoms with Crippen LogP contribution in [0.25, 0.3) is 11.3 Å². The summed E-state index contributed by atoms with van der Waals surface area (Å²) in [6.07, 6.45) is 0.736. The van der Waals surface area contributed by atoms with Crippen LogP contribution in [0.15, 0.2) is 52.7 Å². The molecule has 6 heteroatoms. The SMILES string of the molecule is Cc1nc(-c2ccc(C)c(S(=O)(=O)N3c4ccccc4C[C@@H]3C)c2)cs1. The molecule has 0 N–H and O–H groups in total. The normalized spacial score (nSPS) is 16.7. The number of sulfonamides is 1. The molecule has 0 saturated heterocycles. The van der Waals surface area contributed by atoms with Crippen molar-refractivity contribution < 1.29 is 8.42 Å². The van der Waals surface area contributed by atoms with E-state index in [4.69, 9.17) is 0 Å². The van der Waals surface area contributed by atoms with Crippen molar-refractivity contribution in [3.63, 3.8) is 0 Å². The van der Waals surface area contributed by atoms with Crippen LogP contribution >= 0.6 is 11.3 Å². The fourth-order valence-corrected chi connectivity index (χ4v) is 6.11. The van der Waals surface area contributed by atoms with Crippen LogP contribution in [0, 0.1) is 13.8 Å². The van der Waals surface area contributed by atoms with Gasteiger partial charge in [-0.2, -0.15) is 0 Å². The third kappa shape index (κ3) is 2.73. The number of hydrogen-bond donors (Lipinski definition) is 0. The van der Waals surface area contributed by atoms with Crippen molar-refractivity contribution in [1.29, 1.82) is 0 Å². The van der Waals surface area contributed by atoms with Crippen molar-refractivity contribution in [3.05, 3.63) is 64.0 Å². The average molecular weight is 385 g/mol. The number of anilines is 1. The Hall–Kier alpha value is -2.18. The minimum atomic E-state index is -3.65. The molecule has 26 heavy (non-hydrogen) atoms. The number of thiazole rings is 1. The number of fused-ring (bicyclic) bond motifs is 1. The molecule has 3 aromatic rings. The van der Waals surface area contributed by atoms with Crippen LogP contribution in [0.4, 0.5) is 5.69 Å². The van der Waals surface area contributed by atoms with Crippen molar-refractivity contribution >= 4 is 27.0 Å². The topological polar surface area (TPSA) is 50.3 Å². The lowest BCUT2D eigenvalue weighted by Gasteiger charge is -2.25. The zero-order valence-corrected chi connectivity index (χ0v) is 16.6. The van der Waals surface area contributed by atoms with Crippen molar-refractivity contribution in [3.8, 4) is 11.3 Å². The zero-order chi connectivity index (χ0) is 18.5. The molecule has 0 aliphatic carbocycles. The van der Waals surface area contributed by atoms with E-state index in [0.29, 0.717) is 4.90 Å². The molecule has 2 aromatic carbocycles. The average Bonchev–Trinajstić information content (AvgIpc) is 3.17. The second-order valence-electron chi connectivity index (χ2n) is 6.71. The Bertz CT molecular complexity index is 1090. The van der Waals surface area contributed by atoms with E-state index in [1.165, 1.54) is 0 Å². The van der Waals surface area contributed by atoms with E-state index in [0.717, 1.165) is 39.5 Å². The Kier molecular flexibility index (Phi) is 4.12. The summed E-state index contributed by atoms with van der Waals surface area (Å²) in [6.45, 7) is 5.75. The summed E-state index contributed by atoms with van der Waals surface area (Å²) in [5.41, 5.74) is 4.26. The highest BCUT2D eigenvalue weighted by Crippen LogP contribution is 2.38. The lowest BCUT2D eigenvalue weighted by molar-refractivity contribution is 0.583. The number of aromatic nitrogens is 1. The van der Waals surface area contributed by atoms with Crippen LogP contribution in [-0.2, 0) is 16.4 Å². The summed E-state index contributed by atoms with van der Waals surface area (Å²) in [5, 5.41) is 2.93. The van der Waals surface area contributed by atoms with Crippen LogP contribution in [-0.4, -0.2) is 19.4 Å². The summed E-state index contributed by atoms with van der Waals surface area (Å²) < 4.78 is 28.6. The second kappa shape index (κ2) is 6.21. The first-order valence-electron chi connectivity index (χ1n) is 8.53. The molecule has 0 unspecified atom stereocenters. The predicted octanol–water partition coefficient (Wildman–Crippen LogP) is 4.57. The maximum absolute atomic E-state index is 13.5. The Morgan fingerprint density at radius 3 is 2.65 bits per heavy atom. The van der Waals surface area contributed by atoms with Crippen LogP contribution in [0.5, 0.6) is 0 Å². The molecule has 2 heterocycles. The highest BCUT2D eigenvalue weighted by molar-refractivity contribution is 7.93. The summed E-state index contributed by atoms with van der Waals surface area (Å²) in [4.78, 5) is 4.84. The first kappa shape index (κ1) is 17.2. The highest BCUT2D eigenvalue weighted by atomic mass is 32.2. The van der Waals surface area contributed by atoms with E-state index in [1.54, 1.807) is 21.7 Å². The predicted molar refractivity (Wildman–Crippen MR) is 106 cm³/mol. The fraction of sp³-hybridized carbons (Fsp3) is 0.250. The van der Waals surface area contributed by atoms with Gasteiger partial charge in [-0.1, -0.05) is 30.3 Å². The van der Waals surface area contributed by atoms with Gasteiger partial charge in [-0.25, -0.2) is 13.4 Å². The van der Waals surface area contributed by atoms with Crippen molar-refractivity contribution in [2.45, 2.75) is 38.1 Å². The lowest BCUT2D eigenvalue weighted by Crippen LogP contribution is -2.36. The molecule has 1 aliphatic heterocycles. The van der Waals surface area contributed by atoms with Gasteiger partial charge in [-0.3, -0.25) is 4.31 Å². The summed E-state index contributed by atoms with van der Waals surface area (Å²) in [6, 6.07) is 13.2. The molecule has 0 fully saturated rings. The molecule has 1 aliphatic rings. The Morgan fingerprint density at radius 2 is 1.92 bits per heavy atom. The standard InChI is InChI=1S/C20H20N2O2S2/c1-13-8-9-16(18-12-25-15(3)21-18)11-20(13)26(23,24)22-14(2)10-17-6-4-5-7-19(17)22/h4-9,11-12,14H,10H2,1-3H3/t14-/m0/s1. The highest BCUT2D eigenvalue weighted by Gasteiger charge is 2.36. The third-order valence-electron chi connectivity index (χ3n) is 4.78. The first-order valence-corrected chi connectivity index (χ1v) is 10.9. The molecule has 0 spiro atoms.